The van der Waals surface area contributed by atoms with Crippen LogP contribution in [0.3, 0.4) is 0 Å². The summed E-state index contributed by atoms with van der Waals surface area (Å²) in [5, 5.41) is 4.61. The van der Waals surface area contributed by atoms with Crippen molar-refractivity contribution in [3.05, 3.63) is 18.0 Å². The summed E-state index contributed by atoms with van der Waals surface area (Å²) in [6.07, 6.45) is 11.0. The van der Waals surface area contributed by atoms with Crippen molar-refractivity contribution in [2.75, 3.05) is 0 Å². The fraction of sp³-hybridized carbons (Fsp3) is 0.714. The Hall–Kier alpha value is -1.12. The van der Waals surface area contributed by atoms with E-state index in [9.17, 15) is 4.79 Å². The first kappa shape index (κ1) is 11.0. The summed E-state index contributed by atoms with van der Waals surface area (Å²) in [6.45, 7) is 0. The molecule has 0 aliphatic heterocycles. The van der Waals surface area contributed by atoms with Crippen molar-refractivity contribution in [1.82, 2.24) is 9.78 Å². The molecule has 0 saturated heterocycles. The van der Waals surface area contributed by atoms with Gasteiger partial charge in [0.05, 0.1) is 11.7 Å². The molecule has 1 aromatic rings. The van der Waals surface area contributed by atoms with E-state index in [2.05, 4.69) is 22.0 Å². The van der Waals surface area contributed by atoms with E-state index in [4.69, 9.17) is 0 Å². The lowest BCUT2D eigenvalue weighted by Crippen LogP contribution is -2.07. The number of carbonyl (C=O) groups excluding carboxylic acids is 1. The molecule has 3 nitrogen and oxygen atoms in total. The topological polar surface area (TPSA) is 34.9 Å². The molecule has 0 N–H and O–H groups in total. The highest BCUT2D eigenvalue weighted by molar-refractivity contribution is 5.83. The van der Waals surface area contributed by atoms with Crippen LogP contribution in [0, 0.1) is 5.92 Å². The van der Waals surface area contributed by atoms with Crippen molar-refractivity contribution in [2.45, 2.75) is 57.4 Å². The lowest BCUT2D eigenvalue weighted by atomic mass is 10.1. The van der Waals surface area contributed by atoms with Gasteiger partial charge in [-0.15, -0.1) is 0 Å². The Morgan fingerprint density at radius 2 is 2.06 bits per heavy atom. The molecule has 1 aromatic heterocycles. The van der Waals surface area contributed by atoms with Gasteiger partial charge in [-0.3, -0.25) is 9.48 Å². The molecule has 0 amide bonds. The Balaban J connectivity index is 1.54. The minimum atomic E-state index is 0.395. The molecule has 2 aliphatic carbocycles. The lowest BCUT2D eigenvalue weighted by molar-refractivity contribution is -0.120. The molecule has 2 saturated carbocycles. The summed E-state index contributed by atoms with van der Waals surface area (Å²) in [5.41, 5.74) is 1.09. The van der Waals surface area contributed by atoms with E-state index < -0.39 is 0 Å². The van der Waals surface area contributed by atoms with Crippen molar-refractivity contribution in [1.29, 1.82) is 0 Å². The second kappa shape index (κ2) is 4.63. The van der Waals surface area contributed by atoms with E-state index in [0.29, 0.717) is 24.2 Å². The number of nitrogens with zero attached hydrogens (tertiary/aromatic N) is 2. The Morgan fingerprint density at radius 3 is 2.76 bits per heavy atom. The largest absolute Gasteiger partial charge is 0.299 e. The predicted octanol–water partition coefficient (Wildman–Crippen LogP) is 2.91. The summed E-state index contributed by atoms with van der Waals surface area (Å²) in [4.78, 5) is 11.6. The second-order valence-corrected chi connectivity index (χ2v) is 5.47. The zero-order chi connectivity index (χ0) is 11.7. The number of carbonyl (C=O) groups is 1. The zero-order valence-corrected chi connectivity index (χ0v) is 10.3. The Labute approximate surface area is 102 Å². The second-order valence-electron chi connectivity index (χ2n) is 5.47. The van der Waals surface area contributed by atoms with Crippen LogP contribution < -0.4 is 0 Å². The van der Waals surface area contributed by atoms with Gasteiger partial charge in [0.1, 0.15) is 5.78 Å². The summed E-state index contributed by atoms with van der Waals surface area (Å²) < 4.78 is 2.12. The lowest BCUT2D eigenvalue weighted by Gasteiger charge is -2.08. The highest BCUT2D eigenvalue weighted by Crippen LogP contribution is 2.31. The summed E-state index contributed by atoms with van der Waals surface area (Å²) >= 11 is 0. The summed E-state index contributed by atoms with van der Waals surface area (Å²) in [5.74, 6) is 0.840. The molecule has 17 heavy (non-hydrogen) atoms. The van der Waals surface area contributed by atoms with Crippen LogP contribution in [0.5, 0.6) is 0 Å². The third-order valence-corrected chi connectivity index (χ3v) is 4.02. The average molecular weight is 232 g/mol. The Bertz CT molecular complexity index is 400. The van der Waals surface area contributed by atoms with Crippen molar-refractivity contribution in [3.8, 4) is 0 Å². The normalized spacial score (nSPS) is 20.9. The molecule has 0 spiro atoms. The van der Waals surface area contributed by atoms with E-state index in [0.717, 1.165) is 25.0 Å². The number of aromatic nitrogens is 2. The van der Waals surface area contributed by atoms with Crippen LogP contribution >= 0.6 is 0 Å². The minimum Gasteiger partial charge on any atom is -0.299 e. The van der Waals surface area contributed by atoms with Crippen molar-refractivity contribution >= 4 is 5.78 Å². The number of hydrogen-bond acceptors (Lipinski definition) is 2. The van der Waals surface area contributed by atoms with E-state index in [-0.39, 0.29) is 0 Å². The molecule has 0 unspecified atom stereocenters. The first-order valence-electron chi connectivity index (χ1n) is 6.89. The summed E-state index contributed by atoms with van der Waals surface area (Å²) in [6, 6.07) is 2.70. The fourth-order valence-electron chi connectivity index (χ4n) is 2.74. The van der Waals surface area contributed by atoms with Gasteiger partial charge in [0.15, 0.2) is 0 Å². The maximum absolute atomic E-state index is 11.6. The van der Waals surface area contributed by atoms with Crippen LogP contribution in [0.1, 0.15) is 56.7 Å². The molecule has 2 fully saturated rings. The highest BCUT2D eigenvalue weighted by atomic mass is 16.1. The molecule has 0 atom stereocenters. The fourth-order valence-corrected chi connectivity index (χ4v) is 2.74. The van der Waals surface area contributed by atoms with Crippen LogP contribution in [0.2, 0.25) is 0 Å². The number of hydrogen-bond donors (Lipinski definition) is 0. The van der Waals surface area contributed by atoms with Gasteiger partial charge >= 0.3 is 0 Å². The quantitative estimate of drug-likeness (QED) is 0.782. The Morgan fingerprint density at radius 1 is 1.29 bits per heavy atom. The van der Waals surface area contributed by atoms with Crippen LogP contribution in [0.25, 0.3) is 0 Å². The SMILES string of the molecule is O=C(CCc1ccn(C2CCCC2)n1)C1CC1. The van der Waals surface area contributed by atoms with Gasteiger partial charge in [0.25, 0.3) is 0 Å². The standard InChI is InChI=1S/C14H20N2O/c17-14(11-5-6-11)8-7-12-9-10-16(15-12)13-3-1-2-4-13/h9-11,13H,1-8H2. The van der Waals surface area contributed by atoms with Gasteiger partial charge in [0, 0.05) is 18.5 Å². The van der Waals surface area contributed by atoms with Gasteiger partial charge in [-0.1, -0.05) is 12.8 Å². The number of aryl methyl sites for hydroxylation is 1. The number of ketones is 1. The monoisotopic (exact) mass is 232 g/mol. The zero-order valence-electron chi connectivity index (χ0n) is 10.3. The molecule has 0 radical (unpaired) electrons. The molecular weight excluding hydrogens is 212 g/mol. The summed E-state index contributed by atoms with van der Waals surface area (Å²) in [7, 11) is 0. The van der Waals surface area contributed by atoms with Crippen molar-refractivity contribution < 1.29 is 4.79 Å². The van der Waals surface area contributed by atoms with Gasteiger partial charge in [0.2, 0.25) is 0 Å². The third-order valence-electron chi connectivity index (χ3n) is 4.02. The van der Waals surface area contributed by atoms with Crippen LogP contribution in [-0.2, 0) is 11.2 Å². The van der Waals surface area contributed by atoms with Crippen LogP contribution in [0.15, 0.2) is 12.3 Å². The van der Waals surface area contributed by atoms with Crippen LogP contribution in [0.4, 0.5) is 0 Å². The van der Waals surface area contributed by atoms with Crippen molar-refractivity contribution in [2.24, 2.45) is 5.92 Å². The maximum atomic E-state index is 11.6. The molecule has 0 bridgehead atoms. The van der Waals surface area contributed by atoms with Crippen LogP contribution in [-0.4, -0.2) is 15.6 Å². The van der Waals surface area contributed by atoms with E-state index in [1.54, 1.807) is 0 Å². The molecule has 1 heterocycles. The Kier molecular flexibility index (Phi) is 3.00. The molecule has 2 aliphatic rings. The van der Waals surface area contributed by atoms with E-state index >= 15 is 0 Å². The first-order valence-corrected chi connectivity index (χ1v) is 6.89. The van der Waals surface area contributed by atoms with Gasteiger partial charge in [-0.05, 0) is 38.2 Å². The molecule has 0 aromatic carbocycles. The highest BCUT2D eigenvalue weighted by Gasteiger charge is 2.28. The number of Topliss-reactive ketones (excluding diaryl/α,β-unsaturated/α-hetero) is 1. The third kappa shape index (κ3) is 2.59. The first-order chi connectivity index (χ1) is 8.33. The smallest absolute Gasteiger partial charge is 0.136 e. The maximum Gasteiger partial charge on any atom is 0.136 e. The molecule has 3 rings (SSSR count). The molecule has 3 heteroatoms. The predicted molar refractivity (Wildman–Crippen MR) is 65.8 cm³/mol. The van der Waals surface area contributed by atoms with Crippen molar-refractivity contribution in [3.63, 3.8) is 0 Å². The van der Waals surface area contributed by atoms with E-state index in [1.165, 1.54) is 25.7 Å². The molecular formula is C14H20N2O. The van der Waals surface area contributed by atoms with E-state index in [1.807, 2.05) is 0 Å². The average Bonchev–Trinajstić information content (AvgIpc) is 2.87. The molecule has 92 valence electrons. The van der Waals surface area contributed by atoms with Gasteiger partial charge < -0.3 is 0 Å². The number of rotatable bonds is 5. The minimum absolute atomic E-state index is 0.395. The van der Waals surface area contributed by atoms with Gasteiger partial charge in [-0.2, -0.15) is 5.10 Å². The van der Waals surface area contributed by atoms with Gasteiger partial charge in [-0.25, -0.2) is 0 Å².